The molecule has 0 aliphatic heterocycles. The summed E-state index contributed by atoms with van der Waals surface area (Å²) in [6.07, 6.45) is 13.4. The molecule has 0 fully saturated rings. The zero-order valence-electron chi connectivity index (χ0n) is 9.90. The van der Waals surface area contributed by atoms with E-state index < -0.39 is 0 Å². The second-order valence-electron chi connectivity index (χ2n) is 2.35. The minimum atomic E-state index is 0. The molecule has 15 heavy (non-hydrogen) atoms. The summed E-state index contributed by atoms with van der Waals surface area (Å²) in [5, 5.41) is 0. The van der Waals surface area contributed by atoms with Gasteiger partial charge in [0.15, 0.2) is 0 Å². The number of aromatic amines is 1. The summed E-state index contributed by atoms with van der Waals surface area (Å²) in [5.74, 6) is 0.450. The van der Waals surface area contributed by atoms with Crippen LogP contribution >= 0.6 is 0 Å². The molecule has 1 aliphatic rings. The largest absolute Gasteiger partial charge is 5.00 e. The summed E-state index contributed by atoms with van der Waals surface area (Å²) in [7, 11) is 0. The van der Waals surface area contributed by atoms with Crippen LogP contribution in [0.25, 0.3) is 0 Å². The number of rotatable bonds is 1. The Morgan fingerprint density at radius 3 is 1.93 bits per heavy atom. The third kappa shape index (κ3) is 5.74. The van der Waals surface area contributed by atoms with Gasteiger partial charge in [0.2, 0.25) is 0 Å². The summed E-state index contributed by atoms with van der Waals surface area (Å²) < 4.78 is 0. The summed E-state index contributed by atoms with van der Waals surface area (Å²) in [5.41, 5.74) is 1.21. The summed E-state index contributed by atoms with van der Waals surface area (Å²) >= 11 is 0. The van der Waals surface area contributed by atoms with Crippen molar-refractivity contribution in [2.24, 2.45) is 0 Å². The van der Waals surface area contributed by atoms with Crippen LogP contribution in [0, 0.1) is 35.9 Å². The van der Waals surface area contributed by atoms with Crippen molar-refractivity contribution in [3.05, 3.63) is 78.0 Å². The molecule has 0 amide bonds. The monoisotopic (exact) mass is 292 g/mol. The molecule has 1 aliphatic carbocycles. The number of aromatic nitrogens is 1. The Hall–Kier alpha value is -0.617. The van der Waals surface area contributed by atoms with E-state index in [2.05, 4.69) is 35.5 Å². The van der Waals surface area contributed by atoms with Crippen LogP contribution < -0.4 is 0 Å². The molecule has 2 rings (SSSR count). The third-order valence-corrected chi connectivity index (χ3v) is 1.67. The number of H-pyrrole nitrogens is 1. The van der Waals surface area contributed by atoms with Crippen molar-refractivity contribution in [1.29, 1.82) is 0 Å². The fourth-order valence-corrected chi connectivity index (χ4v) is 1.13. The topological polar surface area (TPSA) is 15.8 Å². The van der Waals surface area contributed by atoms with Crippen LogP contribution in [0.2, 0.25) is 0 Å². The average molecular weight is 291 g/mol. The Morgan fingerprint density at radius 1 is 1.00 bits per heavy atom. The zero-order chi connectivity index (χ0) is 6.81. The van der Waals surface area contributed by atoms with E-state index in [4.69, 9.17) is 0 Å². The standard InChI is InChI=1S/C9H8N.4CH3.Ru/c1-2-4-8(3-1)9-5-6-10-7-9;;;;;/h1-6,8,10H;4*1H3;/q5*-1;+5. The molecule has 0 bridgehead atoms. The van der Waals surface area contributed by atoms with Crippen LogP contribution in [0.3, 0.4) is 0 Å². The van der Waals surface area contributed by atoms with Gasteiger partial charge >= 0.3 is 19.5 Å². The van der Waals surface area contributed by atoms with Crippen molar-refractivity contribution >= 4 is 0 Å². The minimum Gasteiger partial charge on any atom is -0.484 e. The van der Waals surface area contributed by atoms with E-state index in [-0.39, 0.29) is 49.2 Å². The van der Waals surface area contributed by atoms with Gasteiger partial charge in [0.05, 0.1) is 0 Å². The molecule has 85 valence electrons. The van der Waals surface area contributed by atoms with Gasteiger partial charge in [-0.3, -0.25) is 0 Å². The van der Waals surface area contributed by atoms with E-state index >= 15 is 0 Å². The van der Waals surface area contributed by atoms with E-state index in [1.165, 1.54) is 5.56 Å². The van der Waals surface area contributed by atoms with E-state index in [9.17, 15) is 0 Å². The van der Waals surface area contributed by atoms with Crippen LogP contribution in [0.1, 0.15) is 11.5 Å². The van der Waals surface area contributed by atoms with Gasteiger partial charge in [-0.05, 0) is 5.92 Å². The first-order valence-corrected chi connectivity index (χ1v) is 3.37. The molecule has 0 saturated carbocycles. The first kappa shape index (κ1) is 23.9. The number of allylic oxidation sites excluding steroid dienone is 4. The summed E-state index contributed by atoms with van der Waals surface area (Å²) in [6.45, 7) is 0. The van der Waals surface area contributed by atoms with E-state index in [0.29, 0.717) is 5.92 Å². The van der Waals surface area contributed by atoms with Gasteiger partial charge < -0.3 is 34.7 Å². The van der Waals surface area contributed by atoms with Gasteiger partial charge in [0, 0.05) is 0 Å². The predicted octanol–water partition coefficient (Wildman–Crippen LogP) is 3.82. The minimum absolute atomic E-state index is 0. The summed E-state index contributed by atoms with van der Waals surface area (Å²) in [4.78, 5) is 2.91. The van der Waals surface area contributed by atoms with Gasteiger partial charge in [-0.25, -0.2) is 0 Å². The van der Waals surface area contributed by atoms with E-state index in [0.717, 1.165) is 0 Å². The van der Waals surface area contributed by atoms with Crippen molar-refractivity contribution in [1.82, 2.24) is 4.98 Å². The van der Waals surface area contributed by atoms with Crippen molar-refractivity contribution in [3.8, 4) is 0 Å². The first-order chi connectivity index (χ1) is 4.97. The Morgan fingerprint density at radius 2 is 1.53 bits per heavy atom. The molecule has 0 atom stereocenters. The molecular formula is C13H20NRu. The molecule has 1 nitrogen and oxygen atoms in total. The maximum absolute atomic E-state index is 3.05. The number of hydrogen-bond donors (Lipinski definition) is 1. The molecular weight excluding hydrogens is 271 g/mol. The van der Waals surface area contributed by atoms with Crippen LogP contribution in [-0.2, 0) is 19.5 Å². The Bertz CT molecular complexity index is 248. The van der Waals surface area contributed by atoms with Gasteiger partial charge in [-0.1, -0.05) is 24.3 Å². The van der Waals surface area contributed by atoms with E-state index in [1.54, 1.807) is 0 Å². The molecule has 2 heteroatoms. The molecule has 1 heterocycles. The van der Waals surface area contributed by atoms with Crippen LogP contribution in [0.15, 0.2) is 36.6 Å². The van der Waals surface area contributed by atoms with E-state index in [1.807, 2.05) is 12.3 Å². The van der Waals surface area contributed by atoms with Crippen molar-refractivity contribution in [2.45, 2.75) is 5.92 Å². The second-order valence-corrected chi connectivity index (χ2v) is 2.35. The maximum atomic E-state index is 3.05. The second kappa shape index (κ2) is 11.5. The predicted molar refractivity (Wildman–Crippen MR) is 66.3 cm³/mol. The first-order valence-electron chi connectivity index (χ1n) is 3.37. The SMILES string of the molecule is [CH3-].[CH3-].[CH3-].[CH3-].[Ru+5].[c-]1[nH]ccc1C1C=CC=C1. The Labute approximate surface area is 108 Å². The van der Waals surface area contributed by atoms with Crippen LogP contribution in [0.5, 0.6) is 0 Å². The van der Waals surface area contributed by atoms with Crippen molar-refractivity contribution < 1.29 is 19.5 Å². The molecule has 1 radical (unpaired) electrons. The maximum Gasteiger partial charge on any atom is 5.00 e. The quantitative estimate of drug-likeness (QED) is 0.598. The number of hydrogen-bond acceptors (Lipinski definition) is 0. The average Bonchev–Trinajstić information content (AvgIpc) is 2.59. The molecule has 1 aromatic rings. The zero-order valence-corrected chi connectivity index (χ0v) is 11.6. The molecule has 0 saturated heterocycles. The molecule has 0 unspecified atom stereocenters. The summed E-state index contributed by atoms with van der Waals surface area (Å²) in [6, 6.07) is 2.05. The smallest absolute Gasteiger partial charge is 0.484 e. The number of nitrogens with one attached hydrogen (secondary N) is 1. The van der Waals surface area contributed by atoms with Gasteiger partial charge in [0.1, 0.15) is 0 Å². The Kier molecular flexibility index (Phi) is 18.3. The molecule has 1 N–H and O–H groups in total. The van der Waals surface area contributed by atoms with Gasteiger partial charge in [-0.15, -0.1) is 11.8 Å². The molecule has 0 aromatic carbocycles. The van der Waals surface area contributed by atoms with Crippen LogP contribution in [-0.4, -0.2) is 4.98 Å². The van der Waals surface area contributed by atoms with Crippen molar-refractivity contribution in [2.75, 3.05) is 0 Å². The van der Waals surface area contributed by atoms with Crippen molar-refractivity contribution in [3.63, 3.8) is 0 Å². The Balaban J connectivity index is -0.000000121. The van der Waals surface area contributed by atoms with Gasteiger partial charge in [-0.2, -0.15) is 12.3 Å². The fraction of sp³-hybridized carbons (Fsp3) is 0.0769. The normalized spacial score (nSPS) is 11.2. The fourth-order valence-electron chi connectivity index (χ4n) is 1.13. The van der Waals surface area contributed by atoms with Gasteiger partial charge in [0.25, 0.3) is 0 Å². The molecule has 0 spiro atoms. The van der Waals surface area contributed by atoms with Crippen LogP contribution in [0.4, 0.5) is 0 Å². The molecule has 1 aromatic heterocycles. The third-order valence-electron chi connectivity index (χ3n) is 1.67.